The second kappa shape index (κ2) is 5.26. The van der Waals surface area contributed by atoms with Gasteiger partial charge in [0.25, 0.3) is 0 Å². The Morgan fingerprint density at radius 1 is 1.79 bits per heavy atom. The maximum Gasteiger partial charge on any atom is 0.246 e. The van der Waals surface area contributed by atoms with E-state index in [4.69, 9.17) is 10.5 Å². The van der Waals surface area contributed by atoms with Gasteiger partial charge in [-0.3, -0.25) is 4.79 Å². The minimum atomic E-state index is -0.710. The molecule has 0 unspecified atom stereocenters. The molecule has 0 aromatic heterocycles. The van der Waals surface area contributed by atoms with Gasteiger partial charge in [0.1, 0.15) is 12.7 Å². The molecule has 14 heavy (non-hydrogen) atoms. The van der Waals surface area contributed by atoms with Crippen molar-refractivity contribution >= 4 is 5.91 Å². The molecule has 0 saturated carbocycles. The molecule has 1 aliphatic heterocycles. The van der Waals surface area contributed by atoms with Crippen LogP contribution in [0.25, 0.3) is 0 Å². The maximum atomic E-state index is 11.0. The average molecular weight is 204 g/mol. The fourth-order valence-electron chi connectivity index (χ4n) is 1.28. The van der Waals surface area contributed by atoms with E-state index in [1.165, 1.54) is 7.11 Å². The molecular weight excluding hydrogens is 188 g/mol. The molecule has 0 aromatic rings. The summed E-state index contributed by atoms with van der Waals surface area (Å²) in [6.07, 6.45) is -1.12. The first-order valence-electron chi connectivity index (χ1n) is 4.46. The molecule has 1 rings (SSSR count). The Morgan fingerprint density at radius 2 is 2.50 bits per heavy atom. The third kappa shape index (κ3) is 2.91. The smallest absolute Gasteiger partial charge is 0.246 e. The first-order chi connectivity index (χ1) is 6.65. The number of aliphatic hydroxyl groups excluding tert-OH is 1. The molecule has 0 radical (unpaired) electrons. The fraction of sp³-hybridized carbons (Fsp3) is 0.875. The number of nitrogens with two attached hydrogens (primary N) is 1. The van der Waals surface area contributed by atoms with Crippen molar-refractivity contribution in [2.75, 3.05) is 26.9 Å². The monoisotopic (exact) mass is 204 g/mol. The highest BCUT2D eigenvalue weighted by molar-refractivity contribution is 5.77. The number of carbonyl (C=O) groups is 1. The maximum absolute atomic E-state index is 11.0. The predicted octanol–water partition coefficient (Wildman–Crippen LogP) is -2.16. The van der Waals surface area contributed by atoms with Crippen LogP contribution in [-0.2, 0) is 14.3 Å². The summed E-state index contributed by atoms with van der Waals surface area (Å²) in [4.78, 5) is 11.0. The highest BCUT2D eigenvalue weighted by Gasteiger charge is 2.33. The zero-order chi connectivity index (χ0) is 10.6. The van der Waals surface area contributed by atoms with Gasteiger partial charge in [-0.15, -0.1) is 0 Å². The van der Waals surface area contributed by atoms with Gasteiger partial charge in [-0.1, -0.05) is 0 Å². The van der Waals surface area contributed by atoms with Gasteiger partial charge in [-0.05, 0) is 0 Å². The summed E-state index contributed by atoms with van der Waals surface area (Å²) in [6.45, 7) is 0.595. The molecule has 82 valence electrons. The molecule has 0 bridgehead atoms. The highest BCUT2D eigenvalue weighted by Crippen LogP contribution is 2.11. The van der Waals surface area contributed by atoms with Crippen molar-refractivity contribution in [2.24, 2.45) is 5.73 Å². The number of nitrogens with one attached hydrogen (secondary N) is 1. The van der Waals surface area contributed by atoms with Crippen LogP contribution in [-0.4, -0.2) is 56.1 Å². The molecule has 6 nitrogen and oxygen atoms in total. The molecule has 4 N–H and O–H groups in total. The fourth-order valence-corrected chi connectivity index (χ4v) is 1.28. The van der Waals surface area contributed by atoms with E-state index in [0.29, 0.717) is 6.61 Å². The number of hydrogen-bond donors (Lipinski definition) is 3. The summed E-state index contributed by atoms with van der Waals surface area (Å²) < 4.78 is 9.80. The Hall–Kier alpha value is -0.690. The van der Waals surface area contributed by atoms with E-state index in [-0.39, 0.29) is 25.1 Å². The summed E-state index contributed by atoms with van der Waals surface area (Å²) in [5.74, 6) is -0.233. The highest BCUT2D eigenvalue weighted by atomic mass is 16.5. The predicted molar refractivity (Wildman–Crippen MR) is 48.6 cm³/mol. The lowest BCUT2D eigenvalue weighted by Crippen LogP contribution is -2.43. The Balaban J connectivity index is 2.22. The molecule has 0 aliphatic carbocycles. The number of methoxy groups -OCH3 is 1. The van der Waals surface area contributed by atoms with Crippen LogP contribution in [0.5, 0.6) is 0 Å². The van der Waals surface area contributed by atoms with Crippen molar-refractivity contribution in [1.29, 1.82) is 0 Å². The van der Waals surface area contributed by atoms with Gasteiger partial charge in [0, 0.05) is 13.7 Å². The zero-order valence-electron chi connectivity index (χ0n) is 8.10. The molecule has 6 heteroatoms. The van der Waals surface area contributed by atoms with Crippen molar-refractivity contribution in [3.05, 3.63) is 0 Å². The van der Waals surface area contributed by atoms with Crippen LogP contribution in [0.4, 0.5) is 0 Å². The standard InChI is InChI=1S/C8H16N2O4/c1-13-4-7(11)10-2-6-8(12)5(9)3-14-6/h5-6,8,12H,2-4,9H2,1H3,(H,10,11)/t5-,6+,8+/m0/s1. The normalized spacial score (nSPS) is 31.8. The van der Waals surface area contributed by atoms with Crippen LogP contribution >= 0.6 is 0 Å². The van der Waals surface area contributed by atoms with Crippen LogP contribution in [0.3, 0.4) is 0 Å². The molecule has 0 spiro atoms. The van der Waals surface area contributed by atoms with E-state index in [0.717, 1.165) is 0 Å². The van der Waals surface area contributed by atoms with Crippen molar-refractivity contribution in [2.45, 2.75) is 18.2 Å². The number of aliphatic hydroxyl groups is 1. The third-order valence-corrected chi connectivity index (χ3v) is 2.10. The molecule has 1 saturated heterocycles. The van der Waals surface area contributed by atoms with E-state index in [9.17, 15) is 9.90 Å². The van der Waals surface area contributed by atoms with Gasteiger partial charge >= 0.3 is 0 Å². The summed E-state index contributed by atoms with van der Waals surface area (Å²) in [6, 6.07) is -0.362. The molecular formula is C8H16N2O4. The number of ether oxygens (including phenoxy) is 2. The van der Waals surface area contributed by atoms with Gasteiger partial charge in [0.05, 0.1) is 18.8 Å². The second-order valence-corrected chi connectivity index (χ2v) is 3.26. The number of carbonyl (C=O) groups excluding carboxylic acids is 1. The Kier molecular flexibility index (Phi) is 4.27. The molecule has 1 heterocycles. The summed E-state index contributed by atoms with van der Waals surface area (Å²) >= 11 is 0. The van der Waals surface area contributed by atoms with Crippen molar-refractivity contribution in [3.63, 3.8) is 0 Å². The Bertz CT molecular complexity index is 200. The Labute approximate surface area is 82.4 Å². The molecule has 1 amide bonds. The topological polar surface area (TPSA) is 93.8 Å². The number of amides is 1. The van der Waals surface area contributed by atoms with Gasteiger partial charge in [-0.2, -0.15) is 0 Å². The molecule has 1 fully saturated rings. The van der Waals surface area contributed by atoms with Crippen molar-refractivity contribution < 1.29 is 19.4 Å². The first kappa shape index (κ1) is 11.4. The first-order valence-corrected chi connectivity index (χ1v) is 4.46. The van der Waals surface area contributed by atoms with Crippen molar-refractivity contribution in [1.82, 2.24) is 5.32 Å². The molecule has 3 atom stereocenters. The van der Waals surface area contributed by atoms with Crippen molar-refractivity contribution in [3.8, 4) is 0 Å². The minimum Gasteiger partial charge on any atom is -0.389 e. The van der Waals surface area contributed by atoms with Gasteiger partial charge in [0.15, 0.2) is 0 Å². The summed E-state index contributed by atoms with van der Waals surface area (Å²) in [7, 11) is 1.44. The minimum absolute atomic E-state index is 0.00880. The summed E-state index contributed by atoms with van der Waals surface area (Å²) in [5.41, 5.74) is 5.52. The summed E-state index contributed by atoms with van der Waals surface area (Å²) in [5, 5.41) is 12.0. The third-order valence-electron chi connectivity index (χ3n) is 2.10. The number of hydrogen-bond acceptors (Lipinski definition) is 5. The van der Waals surface area contributed by atoms with Crippen LogP contribution in [0.15, 0.2) is 0 Å². The zero-order valence-corrected chi connectivity index (χ0v) is 8.10. The van der Waals surface area contributed by atoms with Crippen LogP contribution in [0.1, 0.15) is 0 Å². The van der Waals surface area contributed by atoms with E-state index in [2.05, 4.69) is 10.1 Å². The van der Waals surface area contributed by atoms with Gasteiger partial charge in [-0.25, -0.2) is 0 Å². The lowest BCUT2D eigenvalue weighted by atomic mass is 10.1. The largest absolute Gasteiger partial charge is 0.389 e. The quantitative estimate of drug-likeness (QED) is 0.485. The lowest BCUT2D eigenvalue weighted by Gasteiger charge is -2.15. The van der Waals surface area contributed by atoms with Crippen LogP contribution < -0.4 is 11.1 Å². The van der Waals surface area contributed by atoms with Crippen LogP contribution in [0, 0.1) is 0 Å². The van der Waals surface area contributed by atoms with E-state index < -0.39 is 12.2 Å². The Morgan fingerprint density at radius 3 is 3.00 bits per heavy atom. The van der Waals surface area contributed by atoms with E-state index in [1.54, 1.807) is 0 Å². The van der Waals surface area contributed by atoms with Crippen LogP contribution in [0.2, 0.25) is 0 Å². The average Bonchev–Trinajstić information content (AvgIpc) is 2.46. The molecule has 0 aromatic carbocycles. The number of rotatable bonds is 4. The SMILES string of the molecule is COCC(=O)NC[C@H]1OC[C@H](N)[C@H]1O. The van der Waals surface area contributed by atoms with Gasteiger partial charge in [0.2, 0.25) is 5.91 Å². The van der Waals surface area contributed by atoms with Gasteiger partial charge < -0.3 is 25.6 Å². The lowest BCUT2D eigenvalue weighted by molar-refractivity contribution is -0.125. The van der Waals surface area contributed by atoms with E-state index >= 15 is 0 Å². The van der Waals surface area contributed by atoms with E-state index in [1.807, 2.05) is 0 Å². The second-order valence-electron chi connectivity index (χ2n) is 3.26. The molecule has 1 aliphatic rings.